The number of aliphatic carboxylic acids is 1. The number of carboxylic acid groups (broad SMARTS) is 1. The molecule has 1 saturated carbocycles. The van der Waals surface area contributed by atoms with Crippen LogP contribution in [0.2, 0.25) is 0 Å². The summed E-state index contributed by atoms with van der Waals surface area (Å²) in [5.41, 5.74) is -0.784. The van der Waals surface area contributed by atoms with Gasteiger partial charge in [0.1, 0.15) is 5.54 Å². The molecule has 0 unspecified atom stereocenters. The highest BCUT2D eigenvalue weighted by Crippen LogP contribution is 2.29. The minimum atomic E-state index is -0.795. The first-order chi connectivity index (χ1) is 7.10. The quantitative estimate of drug-likeness (QED) is 0.607. The van der Waals surface area contributed by atoms with E-state index in [1.807, 2.05) is 0 Å². The Bertz CT molecular complexity index is 247. The highest BCUT2D eigenvalue weighted by atomic mass is 16.4. The second-order valence-corrected chi connectivity index (χ2v) is 3.94. The average molecular weight is 214 g/mol. The van der Waals surface area contributed by atoms with E-state index in [1.165, 1.54) is 0 Å². The fourth-order valence-corrected chi connectivity index (χ4v) is 1.99. The first-order valence-electron chi connectivity index (χ1n) is 5.30. The molecule has 0 aromatic heterocycles. The third-order valence-electron chi connectivity index (χ3n) is 2.96. The van der Waals surface area contributed by atoms with Gasteiger partial charge in [-0.15, -0.1) is 0 Å². The van der Waals surface area contributed by atoms with Crippen molar-refractivity contribution in [1.29, 1.82) is 0 Å². The molecule has 86 valence electrons. The lowest BCUT2D eigenvalue weighted by molar-refractivity contribution is -0.144. The van der Waals surface area contributed by atoms with Gasteiger partial charge in [-0.1, -0.05) is 12.8 Å². The largest absolute Gasteiger partial charge is 0.480 e. The van der Waals surface area contributed by atoms with Gasteiger partial charge in [-0.3, -0.25) is 9.59 Å². The summed E-state index contributed by atoms with van der Waals surface area (Å²) in [6.45, 7) is 0.423. The summed E-state index contributed by atoms with van der Waals surface area (Å²) in [5, 5.41) is 14.6. The summed E-state index contributed by atoms with van der Waals surface area (Å²) >= 11 is 0. The topological polar surface area (TPSA) is 78.4 Å². The summed E-state index contributed by atoms with van der Waals surface area (Å²) in [7, 11) is 1.57. The lowest BCUT2D eigenvalue weighted by Crippen LogP contribution is -2.50. The summed E-state index contributed by atoms with van der Waals surface area (Å²) in [6, 6.07) is 0. The minimum Gasteiger partial charge on any atom is -0.480 e. The molecule has 0 radical (unpaired) electrons. The van der Waals surface area contributed by atoms with Gasteiger partial charge in [0.05, 0.1) is 0 Å². The Balaban J connectivity index is 2.39. The second-order valence-electron chi connectivity index (χ2n) is 3.94. The van der Waals surface area contributed by atoms with Gasteiger partial charge in [0, 0.05) is 20.0 Å². The molecule has 1 aliphatic carbocycles. The van der Waals surface area contributed by atoms with Crippen molar-refractivity contribution in [2.24, 2.45) is 0 Å². The first kappa shape index (κ1) is 12.0. The third kappa shape index (κ3) is 2.92. The van der Waals surface area contributed by atoms with Crippen LogP contribution in [0.4, 0.5) is 0 Å². The Morgan fingerprint density at radius 1 is 1.33 bits per heavy atom. The fraction of sp³-hybridized carbons (Fsp3) is 0.800. The Kier molecular flexibility index (Phi) is 4.08. The molecule has 5 nitrogen and oxygen atoms in total. The van der Waals surface area contributed by atoms with E-state index in [0.717, 1.165) is 12.8 Å². The van der Waals surface area contributed by atoms with Gasteiger partial charge in [0.25, 0.3) is 0 Å². The molecule has 0 aliphatic heterocycles. The number of carbonyl (C=O) groups excluding carboxylic acids is 1. The molecular weight excluding hydrogens is 196 g/mol. The fourth-order valence-electron chi connectivity index (χ4n) is 1.99. The maximum Gasteiger partial charge on any atom is 0.323 e. The summed E-state index contributed by atoms with van der Waals surface area (Å²) in [4.78, 5) is 22.1. The van der Waals surface area contributed by atoms with Crippen LogP contribution in [0.5, 0.6) is 0 Å². The molecule has 1 fully saturated rings. The van der Waals surface area contributed by atoms with E-state index in [4.69, 9.17) is 5.11 Å². The monoisotopic (exact) mass is 214 g/mol. The molecule has 5 heteroatoms. The lowest BCUT2D eigenvalue weighted by atomic mass is 9.98. The van der Waals surface area contributed by atoms with Crippen LogP contribution in [-0.2, 0) is 9.59 Å². The normalized spacial score (nSPS) is 18.7. The predicted molar refractivity (Wildman–Crippen MR) is 55.5 cm³/mol. The van der Waals surface area contributed by atoms with E-state index < -0.39 is 11.5 Å². The molecule has 1 rings (SSSR count). The molecule has 0 aromatic carbocycles. The number of nitrogens with one attached hydrogen (secondary N) is 2. The van der Waals surface area contributed by atoms with Crippen molar-refractivity contribution >= 4 is 11.9 Å². The Morgan fingerprint density at radius 2 is 1.93 bits per heavy atom. The number of amides is 1. The van der Waals surface area contributed by atoms with E-state index in [1.54, 1.807) is 7.05 Å². The summed E-state index contributed by atoms with van der Waals surface area (Å²) in [5.74, 6) is -0.863. The smallest absolute Gasteiger partial charge is 0.323 e. The van der Waals surface area contributed by atoms with Crippen LogP contribution < -0.4 is 10.6 Å². The van der Waals surface area contributed by atoms with E-state index >= 15 is 0 Å². The Labute approximate surface area is 89.2 Å². The third-order valence-corrected chi connectivity index (χ3v) is 2.96. The van der Waals surface area contributed by atoms with Gasteiger partial charge in [0.15, 0.2) is 0 Å². The maximum absolute atomic E-state index is 11.1. The van der Waals surface area contributed by atoms with Gasteiger partial charge in [-0.2, -0.15) is 0 Å². The van der Waals surface area contributed by atoms with Crippen molar-refractivity contribution < 1.29 is 14.7 Å². The van der Waals surface area contributed by atoms with Crippen molar-refractivity contribution in [3.8, 4) is 0 Å². The molecule has 15 heavy (non-hydrogen) atoms. The molecule has 0 bridgehead atoms. The molecule has 1 amide bonds. The number of rotatable bonds is 5. The molecule has 1 aliphatic rings. The SMILES string of the molecule is CNC(=O)CCNC1(C(=O)O)CCCC1. The standard InChI is InChI=1S/C10H18N2O3/c1-11-8(13)4-7-12-10(9(14)15)5-2-3-6-10/h12H,2-7H2,1H3,(H,11,13)(H,14,15). The number of carbonyl (C=O) groups is 2. The van der Waals surface area contributed by atoms with Crippen LogP contribution in [-0.4, -0.2) is 36.1 Å². The zero-order valence-corrected chi connectivity index (χ0v) is 9.01. The summed E-state index contributed by atoms with van der Waals surface area (Å²) < 4.78 is 0. The maximum atomic E-state index is 11.1. The molecule has 0 aromatic rings. The van der Waals surface area contributed by atoms with Crippen molar-refractivity contribution in [3.05, 3.63) is 0 Å². The van der Waals surface area contributed by atoms with Crippen LogP contribution in [0.1, 0.15) is 32.1 Å². The number of hydrogen-bond acceptors (Lipinski definition) is 3. The summed E-state index contributed by atoms with van der Waals surface area (Å²) in [6.07, 6.45) is 3.54. The van der Waals surface area contributed by atoms with Gasteiger partial charge < -0.3 is 15.7 Å². The Hall–Kier alpha value is -1.10. The Morgan fingerprint density at radius 3 is 2.40 bits per heavy atom. The van der Waals surface area contributed by atoms with Gasteiger partial charge in [-0.05, 0) is 12.8 Å². The number of hydrogen-bond donors (Lipinski definition) is 3. The van der Waals surface area contributed by atoms with Crippen molar-refractivity contribution in [2.75, 3.05) is 13.6 Å². The average Bonchev–Trinajstić information content (AvgIpc) is 2.67. The molecule has 0 heterocycles. The highest BCUT2D eigenvalue weighted by Gasteiger charge is 2.40. The zero-order chi connectivity index (χ0) is 11.3. The van der Waals surface area contributed by atoms with Crippen molar-refractivity contribution in [2.45, 2.75) is 37.6 Å². The van der Waals surface area contributed by atoms with Crippen molar-refractivity contribution in [3.63, 3.8) is 0 Å². The molecular formula is C10H18N2O3. The first-order valence-corrected chi connectivity index (χ1v) is 5.30. The van der Waals surface area contributed by atoms with Gasteiger partial charge >= 0.3 is 5.97 Å². The molecule has 3 N–H and O–H groups in total. The molecule has 0 spiro atoms. The van der Waals surface area contributed by atoms with Crippen LogP contribution in [0.3, 0.4) is 0 Å². The zero-order valence-electron chi connectivity index (χ0n) is 9.01. The lowest BCUT2D eigenvalue weighted by Gasteiger charge is -2.25. The second kappa shape index (κ2) is 5.11. The van der Waals surface area contributed by atoms with E-state index in [-0.39, 0.29) is 5.91 Å². The van der Waals surface area contributed by atoms with Gasteiger partial charge in [0.2, 0.25) is 5.91 Å². The predicted octanol–water partition coefficient (Wildman–Crippen LogP) is 0.109. The van der Waals surface area contributed by atoms with Crippen LogP contribution in [0.15, 0.2) is 0 Å². The van der Waals surface area contributed by atoms with Crippen LogP contribution >= 0.6 is 0 Å². The van der Waals surface area contributed by atoms with Gasteiger partial charge in [-0.25, -0.2) is 0 Å². The van der Waals surface area contributed by atoms with E-state index in [2.05, 4.69) is 10.6 Å². The van der Waals surface area contributed by atoms with E-state index in [0.29, 0.717) is 25.8 Å². The number of carboxylic acids is 1. The van der Waals surface area contributed by atoms with Crippen LogP contribution in [0, 0.1) is 0 Å². The van der Waals surface area contributed by atoms with E-state index in [9.17, 15) is 9.59 Å². The minimum absolute atomic E-state index is 0.0685. The van der Waals surface area contributed by atoms with Crippen LogP contribution in [0.25, 0.3) is 0 Å². The highest BCUT2D eigenvalue weighted by molar-refractivity contribution is 5.79. The molecule has 0 saturated heterocycles. The van der Waals surface area contributed by atoms with Crippen molar-refractivity contribution in [1.82, 2.24) is 10.6 Å². The molecule has 0 atom stereocenters.